The van der Waals surface area contributed by atoms with Crippen LogP contribution in [0, 0.1) is 6.92 Å². The van der Waals surface area contributed by atoms with Gasteiger partial charge in [-0.1, -0.05) is 18.2 Å². The zero-order valence-corrected chi connectivity index (χ0v) is 13.8. The maximum Gasteiger partial charge on any atom is 0.380 e. The first-order valence-corrected chi connectivity index (χ1v) is 7.78. The van der Waals surface area contributed by atoms with Crippen LogP contribution in [0.3, 0.4) is 0 Å². The van der Waals surface area contributed by atoms with Crippen molar-refractivity contribution < 1.29 is 18.9 Å². The number of fused-ring (bicyclic) bond motifs is 3. The van der Waals surface area contributed by atoms with Crippen LogP contribution in [-0.2, 0) is 0 Å². The second-order valence-corrected chi connectivity index (χ2v) is 5.70. The number of rotatable bonds is 3. The van der Waals surface area contributed by atoms with Crippen molar-refractivity contribution in [3.05, 3.63) is 54.3 Å². The molecule has 0 radical (unpaired) electrons. The average Bonchev–Trinajstić information content (AvgIpc) is 3.05. The molecule has 4 nitrogen and oxygen atoms in total. The number of aromatic amines is 1. The number of aromatic nitrogens is 1. The fourth-order valence-corrected chi connectivity index (χ4v) is 3.09. The number of aryl methyl sites for hydroxylation is 1. The molecule has 0 spiro atoms. The topological polar surface area (TPSA) is 45.7 Å². The fourth-order valence-electron chi connectivity index (χ4n) is 3.09. The average molecular weight is 320 g/mol. The first-order valence-electron chi connectivity index (χ1n) is 7.78. The Labute approximate surface area is 140 Å². The first-order chi connectivity index (χ1) is 11.7. The third kappa shape index (κ3) is 2.19. The molecule has 0 aromatic heterocycles. The summed E-state index contributed by atoms with van der Waals surface area (Å²) in [5.41, 5.74) is 3.17. The van der Waals surface area contributed by atoms with Gasteiger partial charge in [-0.2, -0.15) is 4.98 Å². The highest BCUT2D eigenvalue weighted by Gasteiger charge is 2.25. The van der Waals surface area contributed by atoms with Gasteiger partial charge in [-0.15, -0.1) is 0 Å². The Balaban J connectivity index is 2.02. The van der Waals surface area contributed by atoms with Crippen molar-refractivity contribution in [2.45, 2.75) is 6.92 Å². The zero-order valence-electron chi connectivity index (χ0n) is 13.8. The van der Waals surface area contributed by atoms with Gasteiger partial charge in [0.15, 0.2) is 11.5 Å². The smallest absolute Gasteiger partial charge is 0.380 e. The summed E-state index contributed by atoms with van der Waals surface area (Å²) in [6.07, 6.45) is 0. The summed E-state index contributed by atoms with van der Waals surface area (Å²) in [5.74, 6) is 2.99. The molecule has 2 aromatic rings. The van der Waals surface area contributed by atoms with Gasteiger partial charge in [-0.3, -0.25) is 0 Å². The summed E-state index contributed by atoms with van der Waals surface area (Å²) in [4.78, 5) is 3.37. The van der Waals surface area contributed by atoms with Crippen LogP contribution in [0.1, 0.15) is 5.76 Å². The van der Waals surface area contributed by atoms with Crippen LogP contribution in [0.25, 0.3) is 33.5 Å². The van der Waals surface area contributed by atoms with E-state index in [2.05, 4.69) is 23.2 Å². The molecular weight excluding hydrogens is 302 g/mol. The highest BCUT2D eigenvalue weighted by atomic mass is 16.5. The lowest BCUT2D eigenvalue weighted by atomic mass is 10.0. The second-order valence-electron chi connectivity index (χ2n) is 5.70. The van der Waals surface area contributed by atoms with Gasteiger partial charge in [0.05, 0.1) is 14.2 Å². The summed E-state index contributed by atoms with van der Waals surface area (Å²) in [5, 5.41) is 2.09. The van der Waals surface area contributed by atoms with Crippen molar-refractivity contribution in [2.75, 3.05) is 14.2 Å². The molecule has 0 unspecified atom stereocenters. The molecule has 2 aliphatic rings. The minimum absolute atomic E-state index is 0.696. The molecule has 0 bridgehead atoms. The van der Waals surface area contributed by atoms with E-state index in [0.717, 1.165) is 39.2 Å². The van der Waals surface area contributed by atoms with E-state index in [4.69, 9.17) is 13.9 Å². The van der Waals surface area contributed by atoms with Crippen LogP contribution in [0.5, 0.6) is 11.5 Å². The maximum atomic E-state index is 6.00. The van der Waals surface area contributed by atoms with Crippen molar-refractivity contribution in [3.8, 4) is 34.2 Å². The predicted molar refractivity (Wildman–Crippen MR) is 92.7 cm³/mol. The highest BCUT2D eigenvalue weighted by molar-refractivity contribution is 5.98. The van der Waals surface area contributed by atoms with E-state index in [1.165, 1.54) is 0 Å². The molecule has 2 heterocycles. The standard InChI is InChI=1S/C20H17NO3/c1-12-14-10-18(22-2)19(23-3)11-15(14)16-9-17(21-20(16)24-12)13-7-5-4-6-8-13/h4-11H,1-3H3/p+1. The predicted octanol–water partition coefficient (Wildman–Crippen LogP) is 4.34. The Hall–Kier alpha value is -3.01. The number of hydrogen-bond donors (Lipinski definition) is 0. The number of nitrogens with one attached hydrogen (secondary N) is 1. The molecular formula is C20H18NO3+. The molecule has 0 saturated heterocycles. The summed E-state index contributed by atoms with van der Waals surface area (Å²) in [6.45, 7) is 1.96. The third-order valence-electron chi connectivity index (χ3n) is 4.31. The van der Waals surface area contributed by atoms with Gasteiger partial charge in [0, 0.05) is 22.4 Å². The first kappa shape index (κ1) is 14.6. The van der Waals surface area contributed by atoms with E-state index in [-0.39, 0.29) is 0 Å². The molecule has 24 heavy (non-hydrogen) atoms. The highest BCUT2D eigenvalue weighted by Crippen LogP contribution is 2.40. The Morgan fingerprint density at radius 3 is 2.21 bits per heavy atom. The van der Waals surface area contributed by atoms with Crippen molar-refractivity contribution in [2.24, 2.45) is 0 Å². The molecule has 4 heteroatoms. The van der Waals surface area contributed by atoms with Crippen LogP contribution < -0.4 is 14.5 Å². The molecule has 0 atom stereocenters. The van der Waals surface area contributed by atoms with Crippen molar-refractivity contribution in [1.29, 1.82) is 0 Å². The molecule has 120 valence electrons. The minimum atomic E-state index is 0.696. The maximum absolute atomic E-state index is 6.00. The number of ether oxygens (including phenoxy) is 2. The Bertz CT molecular complexity index is 989. The van der Waals surface area contributed by atoms with E-state index < -0.39 is 0 Å². The SMILES string of the molecule is COc1cc2c3cc(-c4ccccc4)[nH+]c-3oc(C)c2cc1OC. The number of H-pyrrole nitrogens is 1. The Morgan fingerprint density at radius 2 is 1.54 bits per heavy atom. The summed E-state index contributed by atoms with van der Waals surface area (Å²) in [6, 6.07) is 16.3. The van der Waals surface area contributed by atoms with Crippen LogP contribution in [0.4, 0.5) is 0 Å². The normalized spacial score (nSPS) is 11.1. The van der Waals surface area contributed by atoms with Gasteiger partial charge in [0.1, 0.15) is 11.3 Å². The van der Waals surface area contributed by atoms with Gasteiger partial charge in [-0.05, 0) is 31.2 Å². The van der Waals surface area contributed by atoms with Crippen LogP contribution >= 0.6 is 0 Å². The number of hydrogen-bond acceptors (Lipinski definition) is 3. The molecule has 1 N–H and O–H groups in total. The largest absolute Gasteiger partial charge is 0.493 e. The molecule has 4 rings (SSSR count). The van der Waals surface area contributed by atoms with E-state index in [9.17, 15) is 0 Å². The van der Waals surface area contributed by atoms with E-state index in [0.29, 0.717) is 11.5 Å². The van der Waals surface area contributed by atoms with Crippen molar-refractivity contribution >= 4 is 10.8 Å². The number of methoxy groups -OCH3 is 2. The fraction of sp³-hybridized carbons (Fsp3) is 0.150. The lowest BCUT2D eigenvalue weighted by Crippen LogP contribution is -2.04. The Morgan fingerprint density at radius 1 is 0.875 bits per heavy atom. The van der Waals surface area contributed by atoms with Gasteiger partial charge >= 0.3 is 5.89 Å². The van der Waals surface area contributed by atoms with E-state index in [1.54, 1.807) is 14.2 Å². The van der Waals surface area contributed by atoms with Crippen molar-refractivity contribution in [3.63, 3.8) is 0 Å². The van der Waals surface area contributed by atoms with Gasteiger partial charge < -0.3 is 13.9 Å². The van der Waals surface area contributed by atoms with Crippen molar-refractivity contribution in [1.82, 2.24) is 0 Å². The number of benzene rings is 2. The molecule has 2 aromatic carbocycles. The van der Waals surface area contributed by atoms with Crippen LogP contribution in [0.15, 0.2) is 52.9 Å². The molecule has 0 aliphatic carbocycles. The van der Waals surface area contributed by atoms with Crippen LogP contribution in [-0.4, -0.2) is 14.2 Å². The van der Waals surface area contributed by atoms with Gasteiger partial charge in [-0.25, -0.2) is 0 Å². The van der Waals surface area contributed by atoms with E-state index >= 15 is 0 Å². The zero-order chi connectivity index (χ0) is 16.7. The monoisotopic (exact) mass is 320 g/mol. The van der Waals surface area contributed by atoms with Gasteiger partial charge in [0.25, 0.3) is 0 Å². The molecule has 0 amide bonds. The van der Waals surface area contributed by atoms with Gasteiger partial charge in [0.2, 0.25) is 5.69 Å². The molecule has 2 aliphatic heterocycles. The second kappa shape index (κ2) is 5.57. The lowest BCUT2D eigenvalue weighted by molar-refractivity contribution is -0.361. The molecule has 0 fully saturated rings. The molecule has 0 saturated carbocycles. The third-order valence-corrected chi connectivity index (χ3v) is 4.31. The van der Waals surface area contributed by atoms with Crippen LogP contribution in [0.2, 0.25) is 0 Å². The quantitative estimate of drug-likeness (QED) is 0.564. The van der Waals surface area contributed by atoms with E-state index in [1.807, 2.05) is 37.3 Å². The summed E-state index contributed by atoms with van der Waals surface area (Å²) < 4.78 is 16.9. The Kier molecular flexibility index (Phi) is 3.38. The minimum Gasteiger partial charge on any atom is -0.493 e. The lowest BCUT2D eigenvalue weighted by Gasteiger charge is -2.11. The summed E-state index contributed by atoms with van der Waals surface area (Å²) in [7, 11) is 3.28. The summed E-state index contributed by atoms with van der Waals surface area (Å²) >= 11 is 0.